The number of hydrogen-bond donors (Lipinski definition) is 0. The van der Waals surface area contributed by atoms with Gasteiger partial charge in [-0.2, -0.15) is 13.2 Å². The monoisotopic (exact) mass is 269 g/mol. The van der Waals surface area contributed by atoms with Crippen LogP contribution < -0.4 is 0 Å². The molecular weight excluding hydrogens is 259 g/mol. The third-order valence-corrected chi connectivity index (χ3v) is 3.86. The Labute approximate surface area is 106 Å². The van der Waals surface area contributed by atoms with Crippen molar-refractivity contribution in [2.45, 2.75) is 24.9 Å². The van der Waals surface area contributed by atoms with Gasteiger partial charge in [-0.15, -0.1) is 11.3 Å². The highest BCUT2D eigenvalue weighted by Gasteiger charge is 2.31. The van der Waals surface area contributed by atoms with E-state index in [4.69, 9.17) is 0 Å². The molecule has 0 atom stereocenters. The minimum atomic E-state index is -4.30. The molecule has 0 radical (unpaired) electrons. The van der Waals surface area contributed by atoms with E-state index in [1.54, 1.807) is 6.07 Å². The molecule has 18 heavy (non-hydrogen) atoms. The van der Waals surface area contributed by atoms with E-state index in [2.05, 4.69) is 4.98 Å². The first kappa shape index (κ1) is 11.7. The van der Waals surface area contributed by atoms with Crippen molar-refractivity contribution < 1.29 is 13.2 Å². The first-order chi connectivity index (χ1) is 8.54. The van der Waals surface area contributed by atoms with Gasteiger partial charge in [0.25, 0.3) is 0 Å². The fourth-order valence-corrected chi connectivity index (χ4v) is 2.71. The maximum absolute atomic E-state index is 12.6. The molecule has 2 aromatic rings. The molecule has 1 saturated carbocycles. The summed E-state index contributed by atoms with van der Waals surface area (Å²) in [7, 11) is 0. The third kappa shape index (κ3) is 2.27. The summed E-state index contributed by atoms with van der Waals surface area (Å²) in [5, 5.41) is 2.62. The molecule has 0 saturated heterocycles. The van der Waals surface area contributed by atoms with E-state index in [0.717, 1.165) is 30.7 Å². The molecular formula is C13H10F3NS. The topological polar surface area (TPSA) is 12.9 Å². The van der Waals surface area contributed by atoms with E-state index in [9.17, 15) is 13.2 Å². The van der Waals surface area contributed by atoms with Crippen LogP contribution in [-0.4, -0.2) is 4.98 Å². The number of halogens is 3. The van der Waals surface area contributed by atoms with E-state index in [0.29, 0.717) is 16.5 Å². The van der Waals surface area contributed by atoms with Gasteiger partial charge in [-0.3, -0.25) is 0 Å². The summed E-state index contributed by atoms with van der Waals surface area (Å²) in [5.41, 5.74) is 0.942. The van der Waals surface area contributed by atoms with Crippen LogP contribution in [0, 0.1) is 0 Å². The smallest absolute Gasteiger partial charge is 0.241 e. The largest absolute Gasteiger partial charge is 0.416 e. The second-order valence-corrected chi connectivity index (χ2v) is 5.29. The maximum Gasteiger partial charge on any atom is 0.416 e. The summed E-state index contributed by atoms with van der Waals surface area (Å²) in [5.74, 6) is 0.529. The van der Waals surface area contributed by atoms with Crippen molar-refractivity contribution in [3.63, 3.8) is 0 Å². The highest BCUT2D eigenvalue weighted by Crippen LogP contribution is 2.41. The zero-order chi connectivity index (χ0) is 12.8. The lowest BCUT2D eigenvalue weighted by Gasteiger charge is -2.07. The van der Waals surface area contributed by atoms with Crippen LogP contribution in [0.15, 0.2) is 29.6 Å². The van der Waals surface area contributed by atoms with Crippen LogP contribution >= 0.6 is 11.3 Å². The van der Waals surface area contributed by atoms with Crippen LogP contribution in [0.5, 0.6) is 0 Å². The van der Waals surface area contributed by atoms with Gasteiger partial charge >= 0.3 is 6.18 Å². The quantitative estimate of drug-likeness (QED) is 0.769. The van der Waals surface area contributed by atoms with Crippen molar-refractivity contribution in [3.8, 4) is 10.6 Å². The summed E-state index contributed by atoms with van der Waals surface area (Å²) in [4.78, 5) is 4.42. The fourth-order valence-electron chi connectivity index (χ4n) is 1.81. The highest BCUT2D eigenvalue weighted by molar-refractivity contribution is 7.13. The average molecular weight is 269 g/mol. The molecule has 0 N–H and O–H groups in total. The van der Waals surface area contributed by atoms with E-state index in [1.165, 1.54) is 17.4 Å². The van der Waals surface area contributed by atoms with E-state index in [1.807, 2.05) is 5.38 Å². The molecule has 94 valence electrons. The molecule has 1 aliphatic rings. The Morgan fingerprint density at radius 3 is 2.67 bits per heavy atom. The SMILES string of the molecule is FC(F)(F)c1cccc(-c2nc(C3CC3)cs2)c1. The number of thiazole rings is 1. The van der Waals surface area contributed by atoms with Gasteiger partial charge in [0.2, 0.25) is 0 Å². The van der Waals surface area contributed by atoms with E-state index in [-0.39, 0.29) is 0 Å². The summed E-state index contributed by atoms with van der Waals surface area (Å²) in [6.45, 7) is 0. The maximum atomic E-state index is 12.6. The van der Waals surface area contributed by atoms with Crippen molar-refractivity contribution in [1.29, 1.82) is 0 Å². The van der Waals surface area contributed by atoms with Gasteiger partial charge in [-0.1, -0.05) is 12.1 Å². The molecule has 0 spiro atoms. The van der Waals surface area contributed by atoms with Crippen molar-refractivity contribution in [3.05, 3.63) is 40.9 Å². The Hall–Kier alpha value is -1.36. The number of rotatable bonds is 2. The van der Waals surface area contributed by atoms with Gasteiger partial charge in [-0.25, -0.2) is 4.98 Å². The molecule has 1 fully saturated rings. The predicted octanol–water partition coefficient (Wildman–Crippen LogP) is 4.71. The molecule has 0 amide bonds. The molecule has 1 aliphatic carbocycles. The minimum Gasteiger partial charge on any atom is -0.241 e. The fraction of sp³-hybridized carbons (Fsp3) is 0.308. The Balaban J connectivity index is 1.95. The lowest BCUT2D eigenvalue weighted by Crippen LogP contribution is -2.04. The van der Waals surface area contributed by atoms with Gasteiger partial charge in [0.05, 0.1) is 11.3 Å². The van der Waals surface area contributed by atoms with Crippen molar-refractivity contribution in [2.75, 3.05) is 0 Å². The number of aromatic nitrogens is 1. The van der Waals surface area contributed by atoms with E-state index < -0.39 is 11.7 Å². The Bertz CT molecular complexity index is 570. The van der Waals surface area contributed by atoms with Gasteiger partial charge in [0.1, 0.15) is 5.01 Å². The van der Waals surface area contributed by atoms with Gasteiger partial charge in [0.15, 0.2) is 0 Å². The van der Waals surface area contributed by atoms with Crippen LogP contribution in [0.1, 0.15) is 30.0 Å². The highest BCUT2D eigenvalue weighted by atomic mass is 32.1. The molecule has 1 nitrogen and oxygen atoms in total. The van der Waals surface area contributed by atoms with Gasteiger partial charge in [-0.05, 0) is 25.0 Å². The number of benzene rings is 1. The Morgan fingerprint density at radius 1 is 1.22 bits per heavy atom. The molecule has 1 aromatic heterocycles. The van der Waals surface area contributed by atoms with Crippen LogP contribution in [0.25, 0.3) is 10.6 Å². The lowest BCUT2D eigenvalue weighted by molar-refractivity contribution is -0.137. The van der Waals surface area contributed by atoms with Crippen LogP contribution in [0.3, 0.4) is 0 Å². The molecule has 3 rings (SSSR count). The molecule has 5 heteroatoms. The second-order valence-electron chi connectivity index (χ2n) is 4.43. The van der Waals surface area contributed by atoms with Crippen molar-refractivity contribution in [1.82, 2.24) is 4.98 Å². The summed E-state index contributed by atoms with van der Waals surface area (Å²) in [6.07, 6.45) is -2.01. The van der Waals surface area contributed by atoms with Crippen molar-refractivity contribution >= 4 is 11.3 Å². The predicted molar refractivity (Wildman–Crippen MR) is 64.5 cm³/mol. The van der Waals surface area contributed by atoms with Crippen LogP contribution in [-0.2, 0) is 6.18 Å². The lowest BCUT2D eigenvalue weighted by atomic mass is 10.1. The average Bonchev–Trinajstić information content (AvgIpc) is 3.06. The molecule has 0 unspecified atom stereocenters. The summed E-state index contributed by atoms with van der Waals surface area (Å²) < 4.78 is 37.8. The zero-order valence-corrected chi connectivity index (χ0v) is 10.2. The summed E-state index contributed by atoms with van der Waals surface area (Å²) >= 11 is 1.41. The minimum absolute atomic E-state index is 0.529. The zero-order valence-electron chi connectivity index (χ0n) is 9.37. The second kappa shape index (κ2) is 4.09. The van der Waals surface area contributed by atoms with Gasteiger partial charge in [0, 0.05) is 16.9 Å². The standard InChI is InChI=1S/C13H10F3NS/c14-13(15,16)10-3-1-2-9(6-10)12-17-11(7-18-12)8-4-5-8/h1-3,6-8H,4-5H2. The Kier molecular flexibility index (Phi) is 2.66. The number of nitrogens with zero attached hydrogens (tertiary/aromatic N) is 1. The Morgan fingerprint density at radius 2 is 2.00 bits per heavy atom. The number of hydrogen-bond acceptors (Lipinski definition) is 2. The third-order valence-electron chi connectivity index (χ3n) is 2.95. The van der Waals surface area contributed by atoms with Crippen LogP contribution in [0.4, 0.5) is 13.2 Å². The molecule has 1 heterocycles. The van der Waals surface area contributed by atoms with E-state index >= 15 is 0 Å². The summed E-state index contributed by atoms with van der Waals surface area (Å²) in [6, 6.07) is 5.34. The molecule has 0 bridgehead atoms. The van der Waals surface area contributed by atoms with Gasteiger partial charge < -0.3 is 0 Å². The molecule has 0 aliphatic heterocycles. The first-order valence-corrected chi connectivity index (χ1v) is 6.55. The van der Waals surface area contributed by atoms with Crippen LogP contribution in [0.2, 0.25) is 0 Å². The van der Waals surface area contributed by atoms with Crippen molar-refractivity contribution in [2.24, 2.45) is 0 Å². The number of alkyl halides is 3. The first-order valence-electron chi connectivity index (χ1n) is 5.67. The molecule has 1 aromatic carbocycles. The normalized spacial score (nSPS) is 15.9.